The first kappa shape index (κ1) is 21.7. The zero-order valence-corrected chi connectivity index (χ0v) is 19.5. The van der Waals surface area contributed by atoms with Crippen molar-refractivity contribution in [2.45, 2.75) is 32.2 Å². The molecule has 0 unspecified atom stereocenters. The molecule has 8 heteroatoms. The molecule has 1 saturated heterocycles. The first-order valence-corrected chi connectivity index (χ1v) is 12.1. The van der Waals surface area contributed by atoms with Gasteiger partial charge in [0.25, 0.3) is 5.91 Å². The molecule has 2 aromatic heterocycles. The number of aromatic nitrogens is 2. The first-order valence-electron chi connectivity index (χ1n) is 11.0. The average molecular weight is 479 g/mol. The number of benzene rings is 2. The molecule has 0 radical (unpaired) electrons. The fraction of sp³-hybridized carbons (Fsp3) is 0.240. The summed E-state index contributed by atoms with van der Waals surface area (Å²) in [4.78, 5) is 35.7. The van der Waals surface area contributed by atoms with E-state index < -0.39 is 0 Å². The van der Waals surface area contributed by atoms with E-state index in [1.807, 2.05) is 42.5 Å². The second-order valence-electron chi connectivity index (χ2n) is 8.15. The van der Waals surface area contributed by atoms with Crippen molar-refractivity contribution < 1.29 is 9.59 Å². The number of carbonyl (C=O) groups excluding carboxylic acids is 2. The number of fused-ring (bicyclic) bond motifs is 1. The number of H-pyrrole nitrogens is 1. The van der Waals surface area contributed by atoms with E-state index in [0.29, 0.717) is 24.9 Å². The van der Waals surface area contributed by atoms with Gasteiger partial charge in [0.15, 0.2) is 0 Å². The van der Waals surface area contributed by atoms with E-state index in [1.165, 1.54) is 0 Å². The summed E-state index contributed by atoms with van der Waals surface area (Å²) in [6.45, 7) is 1.15. The molecule has 6 nitrogen and oxygen atoms in total. The van der Waals surface area contributed by atoms with Gasteiger partial charge in [0.2, 0.25) is 5.91 Å². The van der Waals surface area contributed by atoms with Crippen LogP contribution in [-0.2, 0) is 17.8 Å². The summed E-state index contributed by atoms with van der Waals surface area (Å²) in [5.74, 6) is 0.887. The summed E-state index contributed by atoms with van der Waals surface area (Å²) in [5, 5.41) is 2.97. The van der Waals surface area contributed by atoms with Crippen LogP contribution in [0.4, 0.5) is 5.69 Å². The van der Waals surface area contributed by atoms with Crippen LogP contribution in [0, 0.1) is 0 Å². The molecule has 2 N–H and O–H groups in total. The van der Waals surface area contributed by atoms with Gasteiger partial charge in [-0.05, 0) is 66.9 Å². The zero-order valence-electron chi connectivity index (χ0n) is 17.9. The first-order chi connectivity index (χ1) is 16.0. The minimum absolute atomic E-state index is 0.147. The number of piperidine rings is 1. The van der Waals surface area contributed by atoms with Crippen molar-refractivity contribution in [3.8, 4) is 0 Å². The number of nitrogens with zero attached hydrogens (tertiary/aromatic N) is 2. The van der Waals surface area contributed by atoms with Crippen molar-refractivity contribution in [2.75, 3.05) is 11.4 Å². The van der Waals surface area contributed by atoms with Gasteiger partial charge in [0.05, 0.1) is 15.4 Å². The normalized spacial score (nSPS) is 14.1. The summed E-state index contributed by atoms with van der Waals surface area (Å²) in [5.41, 5.74) is 4.24. The third-order valence-corrected chi connectivity index (χ3v) is 7.01. The molecule has 0 atom stereocenters. The standard InChI is InChI=1S/C25H23ClN4O2S/c26-22-11-9-19(33-22)14-23-28-20-10-4-16(13-21(20)29-23)15-27-25(32)17-5-7-18(8-6-17)30-12-2-1-3-24(30)31/h4-11,13H,1-3,12,14-15H2,(H,27,32)(H,28,29). The molecule has 1 aliphatic heterocycles. The molecule has 168 valence electrons. The van der Waals surface area contributed by atoms with Crippen LogP contribution in [0.25, 0.3) is 11.0 Å². The van der Waals surface area contributed by atoms with Gasteiger partial charge in [-0.3, -0.25) is 9.59 Å². The molecule has 0 spiro atoms. The van der Waals surface area contributed by atoms with Gasteiger partial charge in [-0.2, -0.15) is 0 Å². The Morgan fingerprint density at radius 2 is 1.97 bits per heavy atom. The molecular formula is C25H23ClN4O2S. The van der Waals surface area contributed by atoms with Gasteiger partial charge in [-0.15, -0.1) is 11.3 Å². The van der Waals surface area contributed by atoms with Crippen molar-refractivity contribution in [2.24, 2.45) is 0 Å². The van der Waals surface area contributed by atoms with E-state index in [1.54, 1.807) is 28.4 Å². The number of amides is 2. The number of thiophene rings is 1. The summed E-state index contributed by atoms with van der Waals surface area (Å²) in [6.07, 6.45) is 3.26. The predicted molar refractivity (Wildman–Crippen MR) is 132 cm³/mol. The summed E-state index contributed by atoms with van der Waals surface area (Å²) < 4.78 is 0.772. The Bertz CT molecular complexity index is 1310. The van der Waals surface area contributed by atoms with E-state index in [0.717, 1.165) is 56.7 Å². The van der Waals surface area contributed by atoms with Gasteiger partial charge in [-0.25, -0.2) is 4.98 Å². The highest BCUT2D eigenvalue weighted by atomic mass is 35.5. The predicted octanol–water partition coefficient (Wildman–Crippen LogP) is 5.32. The molecule has 0 bridgehead atoms. The molecule has 0 saturated carbocycles. The third-order valence-electron chi connectivity index (χ3n) is 5.78. The number of nitrogens with one attached hydrogen (secondary N) is 2. The molecule has 3 heterocycles. The Morgan fingerprint density at radius 1 is 1.12 bits per heavy atom. The molecular weight excluding hydrogens is 456 g/mol. The number of halogens is 1. The summed E-state index contributed by atoms with van der Waals surface area (Å²) >= 11 is 7.57. The molecule has 1 fully saturated rings. The van der Waals surface area contributed by atoms with Crippen molar-refractivity contribution in [1.29, 1.82) is 0 Å². The van der Waals surface area contributed by atoms with Gasteiger partial charge in [0.1, 0.15) is 5.82 Å². The van der Waals surface area contributed by atoms with Crippen LogP contribution < -0.4 is 10.2 Å². The van der Waals surface area contributed by atoms with Crippen LogP contribution >= 0.6 is 22.9 Å². The van der Waals surface area contributed by atoms with Gasteiger partial charge in [-0.1, -0.05) is 17.7 Å². The molecule has 5 rings (SSSR count). The smallest absolute Gasteiger partial charge is 0.251 e. The minimum Gasteiger partial charge on any atom is -0.348 e. The zero-order chi connectivity index (χ0) is 22.8. The number of anilines is 1. The topological polar surface area (TPSA) is 78.1 Å². The van der Waals surface area contributed by atoms with Crippen LogP contribution in [0.1, 0.15) is 45.9 Å². The lowest BCUT2D eigenvalue weighted by molar-refractivity contribution is -0.119. The number of hydrogen-bond donors (Lipinski definition) is 2. The number of carbonyl (C=O) groups is 2. The van der Waals surface area contributed by atoms with Crippen LogP contribution in [0.15, 0.2) is 54.6 Å². The molecule has 4 aromatic rings. The third kappa shape index (κ3) is 4.94. The Hall–Kier alpha value is -3.16. The Balaban J connectivity index is 1.21. The number of imidazole rings is 1. The van der Waals surface area contributed by atoms with E-state index in [4.69, 9.17) is 11.6 Å². The largest absolute Gasteiger partial charge is 0.348 e. The molecule has 33 heavy (non-hydrogen) atoms. The van der Waals surface area contributed by atoms with Crippen molar-refractivity contribution >= 4 is 51.5 Å². The minimum atomic E-state index is -0.147. The molecule has 2 amide bonds. The maximum absolute atomic E-state index is 12.6. The van der Waals surface area contributed by atoms with E-state index in [2.05, 4.69) is 15.3 Å². The molecule has 0 aliphatic carbocycles. The number of rotatable bonds is 6. The van der Waals surface area contributed by atoms with Crippen molar-refractivity contribution in [3.63, 3.8) is 0 Å². The Kier molecular flexibility index (Phi) is 6.15. The average Bonchev–Trinajstić information content (AvgIpc) is 3.42. The fourth-order valence-electron chi connectivity index (χ4n) is 4.07. The highest BCUT2D eigenvalue weighted by Crippen LogP contribution is 2.24. The monoisotopic (exact) mass is 478 g/mol. The van der Waals surface area contributed by atoms with Crippen LogP contribution in [0.5, 0.6) is 0 Å². The SMILES string of the molecule is O=C(NCc1ccc2nc(Cc3ccc(Cl)s3)[nH]c2c1)c1ccc(N2CCCCC2=O)cc1. The van der Waals surface area contributed by atoms with Crippen molar-refractivity contribution in [3.05, 3.63) is 80.8 Å². The lowest BCUT2D eigenvalue weighted by atomic mass is 10.1. The lowest BCUT2D eigenvalue weighted by Gasteiger charge is -2.26. The van der Waals surface area contributed by atoms with E-state index in [-0.39, 0.29) is 11.8 Å². The number of aromatic amines is 1. The Morgan fingerprint density at radius 3 is 2.73 bits per heavy atom. The van der Waals surface area contributed by atoms with E-state index >= 15 is 0 Å². The highest BCUT2D eigenvalue weighted by molar-refractivity contribution is 7.16. The van der Waals surface area contributed by atoms with Crippen LogP contribution in [0.2, 0.25) is 4.34 Å². The summed E-state index contributed by atoms with van der Waals surface area (Å²) in [7, 11) is 0. The summed E-state index contributed by atoms with van der Waals surface area (Å²) in [6, 6.07) is 17.1. The van der Waals surface area contributed by atoms with Crippen LogP contribution in [-0.4, -0.2) is 28.3 Å². The van der Waals surface area contributed by atoms with Crippen molar-refractivity contribution in [1.82, 2.24) is 15.3 Å². The molecule has 1 aliphatic rings. The fourth-order valence-corrected chi connectivity index (χ4v) is 5.16. The van der Waals surface area contributed by atoms with Gasteiger partial charge >= 0.3 is 0 Å². The lowest BCUT2D eigenvalue weighted by Crippen LogP contribution is -2.35. The highest BCUT2D eigenvalue weighted by Gasteiger charge is 2.19. The second-order valence-corrected chi connectivity index (χ2v) is 9.95. The second kappa shape index (κ2) is 9.37. The van der Waals surface area contributed by atoms with Gasteiger partial charge in [0, 0.05) is 42.1 Å². The maximum atomic E-state index is 12.6. The van der Waals surface area contributed by atoms with E-state index in [9.17, 15) is 9.59 Å². The van der Waals surface area contributed by atoms with Crippen LogP contribution in [0.3, 0.4) is 0 Å². The van der Waals surface area contributed by atoms with Gasteiger partial charge < -0.3 is 15.2 Å². The quantitative estimate of drug-likeness (QED) is 0.394. The number of hydrogen-bond acceptors (Lipinski definition) is 4. The Labute approximate surface area is 200 Å². The maximum Gasteiger partial charge on any atom is 0.251 e. The molecule has 2 aromatic carbocycles.